The maximum absolute atomic E-state index is 12.5. The Kier molecular flexibility index (Phi) is 3.89. The summed E-state index contributed by atoms with van der Waals surface area (Å²) in [6, 6.07) is 3.85. The summed E-state index contributed by atoms with van der Waals surface area (Å²) in [4.78, 5) is 3.55. The molecule has 18 heavy (non-hydrogen) atoms. The second-order valence-electron chi connectivity index (χ2n) is 4.17. The van der Waals surface area contributed by atoms with Crippen molar-refractivity contribution in [3.05, 3.63) is 23.9 Å². The van der Waals surface area contributed by atoms with Gasteiger partial charge in [0.2, 0.25) is 0 Å². The molecule has 2 rings (SSSR count). The number of alkyl halides is 3. The molecule has 1 saturated heterocycles. The predicted octanol–water partition coefficient (Wildman–Crippen LogP) is 2.42. The average molecular weight is 278 g/mol. The number of hydrogen-bond acceptors (Lipinski definition) is 3. The number of hydrogen-bond donors (Lipinski definition) is 1. The molecule has 0 bridgehead atoms. The monoisotopic (exact) mass is 278 g/mol. The van der Waals surface area contributed by atoms with Gasteiger partial charge in [0.1, 0.15) is 11.5 Å². The van der Waals surface area contributed by atoms with Crippen LogP contribution in [0.25, 0.3) is 0 Å². The van der Waals surface area contributed by atoms with E-state index in [1.807, 2.05) is 0 Å². The van der Waals surface area contributed by atoms with Gasteiger partial charge in [-0.2, -0.15) is 13.2 Å². The van der Waals surface area contributed by atoms with Gasteiger partial charge in [-0.15, -0.1) is 0 Å². The Balaban J connectivity index is 2.03. The Morgan fingerprint density at radius 2 is 1.94 bits per heavy atom. The van der Waals surface area contributed by atoms with Crippen LogP contribution >= 0.6 is 0 Å². The largest absolute Gasteiger partial charge is 0.433 e. The number of rotatable bonds is 2. The van der Waals surface area contributed by atoms with Crippen LogP contribution in [-0.2, 0) is 17.0 Å². The molecular weight excluding hydrogens is 265 g/mol. The number of nitrogens with zero attached hydrogens (tertiary/aromatic N) is 1. The van der Waals surface area contributed by atoms with Crippen molar-refractivity contribution in [1.82, 2.24) is 4.98 Å². The Bertz CT molecular complexity index is 440. The van der Waals surface area contributed by atoms with Crippen LogP contribution in [0.15, 0.2) is 18.2 Å². The van der Waals surface area contributed by atoms with E-state index in [9.17, 15) is 17.4 Å². The molecule has 2 heterocycles. The van der Waals surface area contributed by atoms with Gasteiger partial charge in [-0.1, -0.05) is 6.07 Å². The minimum atomic E-state index is -4.42. The van der Waals surface area contributed by atoms with Crippen LogP contribution in [0.4, 0.5) is 19.0 Å². The SMILES string of the molecule is O=S1CCC(Nc2cccc(C(F)(F)F)n2)CC1. The van der Waals surface area contributed by atoms with E-state index in [0.717, 1.165) is 6.07 Å². The number of halogens is 3. The topological polar surface area (TPSA) is 42.0 Å². The fourth-order valence-corrected chi connectivity index (χ4v) is 3.12. The first-order valence-corrected chi connectivity index (χ1v) is 7.10. The molecule has 0 amide bonds. The van der Waals surface area contributed by atoms with Gasteiger partial charge in [0, 0.05) is 28.3 Å². The van der Waals surface area contributed by atoms with E-state index in [-0.39, 0.29) is 11.9 Å². The highest BCUT2D eigenvalue weighted by molar-refractivity contribution is 7.85. The molecular formula is C11H13F3N2OS. The fourth-order valence-electron chi connectivity index (χ4n) is 1.82. The molecule has 3 nitrogen and oxygen atoms in total. The number of pyridine rings is 1. The highest BCUT2D eigenvalue weighted by atomic mass is 32.2. The van der Waals surface area contributed by atoms with Crippen molar-refractivity contribution in [2.24, 2.45) is 0 Å². The summed E-state index contributed by atoms with van der Waals surface area (Å²) in [7, 11) is -0.778. The van der Waals surface area contributed by atoms with Crippen LogP contribution < -0.4 is 5.32 Å². The molecule has 1 aromatic rings. The second-order valence-corrected chi connectivity index (χ2v) is 5.87. The van der Waals surface area contributed by atoms with E-state index < -0.39 is 22.7 Å². The third kappa shape index (κ3) is 3.44. The number of anilines is 1. The molecule has 0 aromatic carbocycles. The Labute approximate surface area is 105 Å². The maximum atomic E-state index is 12.5. The lowest BCUT2D eigenvalue weighted by Gasteiger charge is -2.23. The van der Waals surface area contributed by atoms with Crippen LogP contribution in [0, 0.1) is 0 Å². The van der Waals surface area contributed by atoms with Crippen LogP contribution in [0.2, 0.25) is 0 Å². The molecule has 1 aromatic heterocycles. The van der Waals surface area contributed by atoms with Crippen molar-refractivity contribution in [3.8, 4) is 0 Å². The van der Waals surface area contributed by atoms with Crippen molar-refractivity contribution in [1.29, 1.82) is 0 Å². The molecule has 0 spiro atoms. The lowest BCUT2D eigenvalue weighted by molar-refractivity contribution is -0.141. The zero-order valence-electron chi connectivity index (χ0n) is 9.54. The van der Waals surface area contributed by atoms with E-state index in [1.165, 1.54) is 12.1 Å². The van der Waals surface area contributed by atoms with Crippen molar-refractivity contribution in [3.63, 3.8) is 0 Å². The van der Waals surface area contributed by atoms with E-state index in [0.29, 0.717) is 24.3 Å². The molecule has 0 radical (unpaired) electrons. The number of nitrogens with one attached hydrogen (secondary N) is 1. The van der Waals surface area contributed by atoms with Crippen LogP contribution in [0.1, 0.15) is 18.5 Å². The first-order chi connectivity index (χ1) is 8.45. The highest BCUT2D eigenvalue weighted by Gasteiger charge is 2.32. The maximum Gasteiger partial charge on any atom is 0.433 e. The first kappa shape index (κ1) is 13.3. The number of aromatic nitrogens is 1. The summed E-state index contributed by atoms with van der Waals surface area (Å²) in [5.41, 5.74) is -0.896. The van der Waals surface area contributed by atoms with Gasteiger partial charge in [0.05, 0.1) is 0 Å². The summed E-state index contributed by atoms with van der Waals surface area (Å²) in [5.74, 6) is 1.41. The van der Waals surface area contributed by atoms with E-state index in [4.69, 9.17) is 0 Å². The van der Waals surface area contributed by atoms with Crippen molar-refractivity contribution < 1.29 is 17.4 Å². The lowest BCUT2D eigenvalue weighted by atomic mass is 10.1. The summed E-state index contributed by atoms with van der Waals surface area (Å²) >= 11 is 0. The molecule has 7 heteroatoms. The Morgan fingerprint density at radius 1 is 1.28 bits per heavy atom. The van der Waals surface area contributed by atoms with Gasteiger partial charge in [-0.05, 0) is 25.0 Å². The fraction of sp³-hybridized carbons (Fsp3) is 0.545. The molecule has 0 unspecified atom stereocenters. The molecule has 1 aliphatic heterocycles. The molecule has 0 saturated carbocycles. The van der Waals surface area contributed by atoms with Crippen LogP contribution in [0.5, 0.6) is 0 Å². The summed E-state index contributed by atoms with van der Waals surface area (Å²) in [6.07, 6.45) is -3.03. The van der Waals surface area contributed by atoms with Crippen molar-refractivity contribution in [2.75, 3.05) is 16.8 Å². The van der Waals surface area contributed by atoms with Crippen molar-refractivity contribution in [2.45, 2.75) is 25.1 Å². The summed E-state index contributed by atoms with van der Waals surface area (Å²) in [6.45, 7) is 0. The summed E-state index contributed by atoms with van der Waals surface area (Å²) < 4.78 is 48.6. The molecule has 1 fully saturated rings. The van der Waals surface area contributed by atoms with Crippen LogP contribution in [-0.4, -0.2) is 26.7 Å². The van der Waals surface area contributed by atoms with Gasteiger partial charge in [0.15, 0.2) is 0 Å². The van der Waals surface area contributed by atoms with E-state index in [2.05, 4.69) is 10.3 Å². The third-order valence-corrected chi connectivity index (χ3v) is 4.16. The van der Waals surface area contributed by atoms with Gasteiger partial charge in [-0.25, -0.2) is 4.98 Å². The molecule has 0 atom stereocenters. The molecule has 1 aliphatic rings. The Hall–Kier alpha value is -1.11. The van der Waals surface area contributed by atoms with Gasteiger partial charge in [0.25, 0.3) is 0 Å². The summed E-state index contributed by atoms with van der Waals surface area (Å²) in [5, 5.41) is 2.97. The quantitative estimate of drug-likeness (QED) is 0.903. The smallest absolute Gasteiger partial charge is 0.367 e. The molecule has 1 N–H and O–H groups in total. The predicted molar refractivity (Wildman–Crippen MR) is 63.8 cm³/mol. The van der Waals surface area contributed by atoms with Crippen molar-refractivity contribution >= 4 is 16.6 Å². The minimum absolute atomic E-state index is 0.0543. The molecule has 0 aliphatic carbocycles. The average Bonchev–Trinajstić information content (AvgIpc) is 2.31. The van der Waals surface area contributed by atoms with Gasteiger partial charge < -0.3 is 5.32 Å². The van der Waals surface area contributed by atoms with E-state index >= 15 is 0 Å². The standard InChI is InChI=1S/C11H13F3N2OS/c12-11(13,14)9-2-1-3-10(16-9)15-8-4-6-18(17)7-5-8/h1-3,8H,4-7H2,(H,15,16). The van der Waals surface area contributed by atoms with Gasteiger partial charge >= 0.3 is 6.18 Å². The molecule has 100 valence electrons. The Morgan fingerprint density at radius 3 is 2.56 bits per heavy atom. The van der Waals surface area contributed by atoms with E-state index in [1.54, 1.807) is 0 Å². The minimum Gasteiger partial charge on any atom is -0.367 e. The first-order valence-electron chi connectivity index (χ1n) is 5.61. The second kappa shape index (κ2) is 5.26. The third-order valence-electron chi connectivity index (χ3n) is 2.78. The zero-order chi connectivity index (χ0) is 13.2. The lowest BCUT2D eigenvalue weighted by Crippen LogP contribution is -2.29. The van der Waals surface area contributed by atoms with Gasteiger partial charge in [-0.3, -0.25) is 4.21 Å². The zero-order valence-corrected chi connectivity index (χ0v) is 10.4. The normalized spacial score (nSPS) is 24.8. The highest BCUT2D eigenvalue weighted by Crippen LogP contribution is 2.28. The van der Waals surface area contributed by atoms with Crippen LogP contribution in [0.3, 0.4) is 0 Å².